The van der Waals surface area contributed by atoms with E-state index in [1.165, 1.54) is 11.0 Å². The van der Waals surface area contributed by atoms with Crippen LogP contribution in [0.4, 0.5) is 0 Å². The fourth-order valence-electron chi connectivity index (χ4n) is 1.21. The normalized spacial score (nSPS) is 21.5. The van der Waals surface area contributed by atoms with Crippen LogP contribution in [-0.4, -0.2) is 30.1 Å². The molecule has 1 amide bonds. The van der Waals surface area contributed by atoms with E-state index in [2.05, 4.69) is 0 Å². The van der Waals surface area contributed by atoms with E-state index in [0.29, 0.717) is 0 Å². The van der Waals surface area contributed by atoms with Crippen molar-refractivity contribution in [3.05, 3.63) is 11.6 Å². The van der Waals surface area contributed by atoms with Gasteiger partial charge in [-0.25, -0.2) is 0 Å². The monoisotopic (exact) mass is 197 g/mol. The number of carbonyl (C=O) groups excluding carboxylic acids is 2. The molecule has 0 saturated carbocycles. The van der Waals surface area contributed by atoms with Crippen LogP contribution < -0.4 is 0 Å². The first kappa shape index (κ1) is 10.8. The smallest absolute Gasteiger partial charge is 0.310 e. The predicted octanol–water partition coefficient (Wildman–Crippen LogP) is 0.930. The third-order valence-electron chi connectivity index (χ3n) is 2.14. The van der Waals surface area contributed by atoms with Gasteiger partial charge in [-0.15, -0.1) is 0 Å². The number of esters is 1. The molecule has 0 aromatic carbocycles. The molecule has 0 aliphatic carbocycles. The van der Waals surface area contributed by atoms with Crippen LogP contribution in [0.3, 0.4) is 0 Å². The standard InChI is InChI=1S/C10H15NO3/c1-6(2)10(13)14-9-7(3)5-8(12)11(9)4/h5-6,9H,1-4H3. The van der Waals surface area contributed by atoms with Crippen LogP contribution in [0.2, 0.25) is 0 Å². The van der Waals surface area contributed by atoms with Crippen molar-refractivity contribution in [3.8, 4) is 0 Å². The molecule has 1 unspecified atom stereocenters. The van der Waals surface area contributed by atoms with Crippen molar-refractivity contribution in [2.24, 2.45) is 5.92 Å². The summed E-state index contributed by atoms with van der Waals surface area (Å²) in [5.41, 5.74) is 0.770. The van der Waals surface area contributed by atoms with Gasteiger partial charge in [-0.05, 0) is 12.5 Å². The van der Waals surface area contributed by atoms with Gasteiger partial charge in [0.05, 0.1) is 5.92 Å². The second-order valence-corrected chi connectivity index (χ2v) is 3.78. The molecule has 0 saturated heterocycles. The van der Waals surface area contributed by atoms with E-state index in [0.717, 1.165) is 5.57 Å². The summed E-state index contributed by atoms with van der Waals surface area (Å²) in [6.45, 7) is 5.30. The molecule has 1 aliphatic heterocycles. The second kappa shape index (κ2) is 3.82. The molecule has 1 atom stereocenters. The highest BCUT2D eigenvalue weighted by Gasteiger charge is 2.30. The van der Waals surface area contributed by atoms with Crippen LogP contribution in [0, 0.1) is 5.92 Å². The first-order valence-electron chi connectivity index (χ1n) is 4.59. The van der Waals surface area contributed by atoms with E-state index in [1.54, 1.807) is 27.8 Å². The van der Waals surface area contributed by atoms with Gasteiger partial charge in [-0.2, -0.15) is 0 Å². The zero-order valence-corrected chi connectivity index (χ0v) is 8.90. The Bertz CT molecular complexity index is 294. The van der Waals surface area contributed by atoms with E-state index in [1.807, 2.05) is 0 Å². The molecule has 0 bridgehead atoms. The lowest BCUT2D eigenvalue weighted by Gasteiger charge is -2.22. The molecule has 78 valence electrons. The minimum absolute atomic E-state index is 0.121. The lowest BCUT2D eigenvalue weighted by Crippen LogP contribution is -2.36. The topological polar surface area (TPSA) is 46.6 Å². The van der Waals surface area contributed by atoms with Gasteiger partial charge in [0.1, 0.15) is 0 Å². The van der Waals surface area contributed by atoms with E-state index in [9.17, 15) is 9.59 Å². The molecule has 4 nitrogen and oxygen atoms in total. The molecular weight excluding hydrogens is 182 g/mol. The van der Waals surface area contributed by atoms with Crippen LogP contribution in [-0.2, 0) is 14.3 Å². The Kier molecular flexibility index (Phi) is 2.93. The molecule has 0 radical (unpaired) electrons. The number of amides is 1. The largest absolute Gasteiger partial charge is 0.437 e. The first-order chi connectivity index (χ1) is 6.43. The number of nitrogens with zero attached hydrogens (tertiary/aromatic N) is 1. The van der Waals surface area contributed by atoms with E-state index in [-0.39, 0.29) is 17.8 Å². The highest BCUT2D eigenvalue weighted by atomic mass is 16.6. The molecule has 0 N–H and O–H groups in total. The maximum absolute atomic E-state index is 11.3. The number of carbonyl (C=O) groups is 2. The van der Waals surface area contributed by atoms with Crippen molar-refractivity contribution in [2.45, 2.75) is 27.0 Å². The summed E-state index contributed by atoms with van der Waals surface area (Å²) in [5.74, 6) is -0.583. The fraction of sp³-hybridized carbons (Fsp3) is 0.600. The average molecular weight is 197 g/mol. The Labute approximate surface area is 83.5 Å². The summed E-state index contributed by atoms with van der Waals surface area (Å²) in [7, 11) is 1.62. The summed E-state index contributed by atoms with van der Waals surface area (Å²) in [4.78, 5) is 23.9. The Morgan fingerprint density at radius 3 is 2.50 bits per heavy atom. The van der Waals surface area contributed by atoms with Crippen molar-refractivity contribution in [1.82, 2.24) is 4.90 Å². The fourth-order valence-corrected chi connectivity index (χ4v) is 1.21. The highest BCUT2D eigenvalue weighted by molar-refractivity contribution is 5.91. The number of rotatable bonds is 2. The van der Waals surface area contributed by atoms with E-state index >= 15 is 0 Å². The zero-order chi connectivity index (χ0) is 10.9. The summed E-state index contributed by atoms with van der Waals surface area (Å²) in [6.07, 6.45) is 0.968. The van der Waals surface area contributed by atoms with Gasteiger partial charge in [-0.3, -0.25) is 9.59 Å². The molecule has 0 fully saturated rings. The Hall–Kier alpha value is -1.32. The minimum atomic E-state index is -0.516. The zero-order valence-electron chi connectivity index (χ0n) is 8.90. The van der Waals surface area contributed by atoms with Crippen molar-refractivity contribution < 1.29 is 14.3 Å². The number of ether oxygens (including phenoxy) is 1. The van der Waals surface area contributed by atoms with Crippen molar-refractivity contribution >= 4 is 11.9 Å². The van der Waals surface area contributed by atoms with Crippen molar-refractivity contribution in [2.75, 3.05) is 7.05 Å². The lowest BCUT2D eigenvalue weighted by atomic mass is 10.2. The first-order valence-corrected chi connectivity index (χ1v) is 4.59. The van der Waals surface area contributed by atoms with Gasteiger partial charge in [0, 0.05) is 13.1 Å². The quantitative estimate of drug-likeness (QED) is 0.619. The van der Waals surface area contributed by atoms with Gasteiger partial charge in [-0.1, -0.05) is 13.8 Å². The third kappa shape index (κ3) is 1.95. The summed E-state index contributed by atoms with van der Waals surface area (Å²) in [6, 6.07) is 0. The van der Waals surface area contributed by atoms with Gasteiger partial charge in [0.2, 0.25) is 5.91 Å². The van der Waals surface area contributed by atoms with Crippen LogP contribution in [0.25, 0.3) is 0 Å². The minimum Gasteiger partial charge on any atom is -0.437 e. The summed E-state index contributed by atoms with van der Waals surface area (Å²) < 4.78 is 5.17. The van der Waals surface area contributed by atoms with Crippen LogP contribution >= 0.6 is 0 Å². The molecule has 1 rings (SSSR count). The van der Waals surface area contributed by atoms with E-state index in [4.69, 9.17) is 4.74 Å². The summed E-state index contributed by atoms with van der Waals surface area (Å²) in [5, 5.41) is 0. The predicted molar refractivity (Wildman–Crippen MR) is 51.2 cm³/mol. The molecule has 0 spiro atoms. The van der Waals surface area contributed by atoms with Gasteiger partial charge < -0.3 is 9.64 Å². The van der Waals surface area contributed by atoms with Gasteiger partial charge in [0.15, 0.2) is 6.23 Å². The van der Waals surface area contributed by atoms with Crippen molar-refractivity contribution in [1.29, 1.82) is 0 Å². The van der Waals surface area contributed by atoms with Gasteiger partial charge >= 0.3 is 5.97 Å². The van der Waals surface area contributed by atoms with Gasteiger partial charge in [0.25, 0.3) is 0 Å². The molecule has 1 heterocycles. The maximum Gasteiger partial charge on any atom is 0.310 e. The third-order valence-corrected chi connectivity index (χ3v) is 2.14. The Balaban J connectivity index is 2.67. The Morgan fingerprint density at radius 1 is 1.57 bits per heavy atom. The maximum atomic E-state index is 11.3. The van der Waals surface area contributed by atoms with Crippen LogP contribution in [0.1, 0.15) is 20.8 Å². The Morgan fingerprint density at radius 2 is 2.14 bits per heavy atom. The van der Waals surface area contributed by atoms with E-state index < -0.39 is 6.23 Å². The summed E-state index contributed by atoms with van der Waals surface area (Å²) >= 11 is 0. The number of hydrogen-bond acceptors (Lipinski definition) is 3. The molecule has 1 aliphatic rings. The van der Waals surface area contributed by atoms with Crippen molar-refractivity contribution in [3.63, 3.8) is 0 Å². The molecular formula is C10H15NO3. The highest BCUT2D eigenvalue weighted by Crippen LogP contribution is 2.19. The molecule has 4 heteroatoms. The SMILES string of the molecule is CC1=CC(=O)N(C)C1OC(=O)C(C)C. The van der Waals surface area contributed by atoms with Crippen LogP contribution in [0.5, 0.6) is 0 Å². The van der Waals surface area contributed by atoms with Crippen LogP contribution in [0.15, 0.2) is 11.6 Å². The molecule has 0 aromatic rings. The lowest BCUT2D eigenvalue weighted by molar-refractivity contribution is -0.159. The average Bonchev–Trinajstić information content (AvgIpc) is 2.32. The number of hydrogen-bond donors (Lipinski definition) is 0. The molecule has 14 heavy (non-hydrogen) atoms. The second-order valence-electron chi connectivity index (χ2n) is 3.78. The number of likely N-dealkylation sites (N-methyl/N-ethyl adjacent to an activating group) is 1. The molecule has 0 aromatic heterocycles.